The minimum absolute atomic E-state index is 0.179. The highest BCUT2D eigenvalue weighted by molar-refractivity contribution is 5.84. The molecule has 100 valence electrons. The van der Waals surface area contributed by atoms with E-state index in [1.165, 1.54) is 6.33 Å². The van der Waals surface area contributed by atoms with Crippen molar-refractivity contribution < 1.29 is 14.3 Å². The summed E-state index contributed by atoms with van der Waals surface area (Å²) in [6.07, 6.45) is 3.61. The molecule has 0 radical (unpaired) electrons. The minimum atomic E-state index is -0.718. The Bertz CT molecular complexity index is 378. The first-order valence-corrected chi connectivity index (χ1v) is 5.80. The van der Waals surface area contributed by atoms with Crippen LogP contribution in [-0.4, -0.2) is 41.0 Å². The lowest BCUT2D eigenvalue weighted by Gasteiger charge is -2.16. The number of nitrogens with zero attached hydrogens (tertiary/aromatic N) is 1. The standard InChI is InChI=1S/C11H18N4O3/c1-2-18-11(17)9(15-10(16)3-4-12)5-8-6-13-7-14-8/h6-7,9H,2-5,12H2,1H3,(H,13,14)(H,15,16)/t9-/m1/s1. The third-order valence-corrected chi connectivity index (χ3v) is 2.26. The number of carbonyl (C=O) groups is 2. The van der Waals surface area contributed by atoms with Gasteiger partial charge in [-0.2, -0.15) is 0 Å². The van der Waals surface area contributed by atoms with Crippen molar-refractivity contribution in [2.24, 2.45) is 5.73 Å². The number of imidazole rings is 1. The highest BCUT2D eigenvalue weighted by Gasteiger charge is 2.22. The first-order valence-electron chi connectivity index (χ1n) is 5.80. The van der Waals surface area contributed by atoms with Crippen molar-refractivity contribution in [2.75, 3.05) is 13.2 Å². The van der Waals surface area contributed by atoms with Crippen molar-refractivity contribution in [1.82, 2.24) is 15.3 Å². The van der Waals surface area contributed by atoms with E-state index in [0.717, 1.165) is 5.69 Å². The molecule has 4 N–H and O–H groups in total. The Balaban J connectivity index is 2.62. The van der Waals surface area contributed by atoms with Crippen molar-refractivity contribution in [3.63, 3.8) is 0 Å². The zero-order valence-electron chi connectivity index (χ0n) is 10.3. The summed E-state index contributed by atoms with van der Waals surface area (Å²) < 4.78 is 4.91. The maximum atomic E-state index is 11.7. The third-order valence-electron chi connectivity index (χ3n) is 2.26. The molecule has 0 unspecified atom stereocenters. The number of hydrogen-bond acceptors (Lipinski definition) is 5. The van der Waals surface area contributed by atoms with E-state index >= 15 is 0 Å². The molecular weight excluding hydrogens is 236 g/mol. The van der Waals surface area contributed by atoms with Gasteiger partial charge in [0.05, 0.1) is 12.9 Å². The van der Waals surface area contributed by atoms with Crippen molar-refractivity contribution in [3.05, 3.63) is 18.2 Å². The summed E-state index contributed by atoms with van der Waals surface area (Å²) in [4.78, 5) is 29.9. The fourth-order valence-electron chi connectivity index (χ4n) is 1.45. The number of rotatable bonds is 7. The molecule has 0 aromatic carbocycles. The van der Waals surface area contributed by atoms with Gasteiger partial charge in [0.1, 0.15) is 6.04 Å². The molecule has 1 heterocycles. The van der Waals surface area contributed by atoms with Crippen LogP contribution in [0.15, 0.2) is 12.5 Å². The Kier molecular flexibility index (Phi) is 5.86. The van der Waals surface area contributed by atoms with E-state index in [1.807, 2.05) is 0 Å². The molecule has 18 heavy (non-hydrogen) atoms. The summed E-state index contributed by atoms with van der Waals surface area (Å²) in [6, 6.07) is -0.718. The summed E-state index contributed by atoms with van der Waals surface area (Å²) in [5.41, 5.74) is 6.03. The Morgan fingerprint density at radius 2 is 2.39 bits per heavy atom. The Morgan fingerprint density at radius 3 is 2.94 bits per heavy atom. The predicted octanol–water partition coefficient (Wildman–Crippen LogP) is -0.651. The lowest BCUT2D eigenvalue weighted by Crippen LogP contribution is -2.44. The highest BCUT2D eigenvalue weighted by atomic mass is 16.5. The fraction of sp³-hybridized carbons (Fsp3) is 0.545. The summed E-state index contributed by atoms with van der Waals surface area (Å²) in [6.45, 7) is 2.23. The number of esters is 1. The summed E-state index contributed by atoms with van der Waals surface area (Å²) in [5, 5.41) is 2.60. The average molecular weight is 254 g/mol. The van der Waals surface area contributed by atoms with Gasteiger partial charge in [-0.05, 0) is 6.92 Å². The molecule has 0 spiro atoms. The lowest BCUT2D eigenvalue weighted by molar-refractivity contribution is -0.147. The molecule has 0 aliphatic heterocycles. The highest BCUT2D eigenvalue weighted by Crippen LogP contribution is 2.01. The molecule has 1 amide bonds. The van der Waals surface area contributed by atoms with Gasteiger partial charge in [0.15, 0.2) is 0 Å². The molecule has 1 atom stereocenters. The Morgan fingerprint density at radius 1 is 1.61 bits per heavy atom. The molecule has 1 aromatic heterocycles. The number of aromatic amines is 1. The van der Waals surface area contributed by atoms with Gasteiger partial charge in [0.25, 0.3) is 0 Å². The molecule has 0 bridgehead atoms. The number of aromatic nitrogens is 2. The number of carbonyl (C=O) groups excluding carboxylic acids is 2. The average Bonchev–Trinajstić information content (AvgIpc) is 2.81. The first kappa shape index (κ1) is 14.2. The van der Waals surface area contributed by atoms with Crippen molar-refractivity contribution in [3.8, 4) is 0 Å². The van der Waals surface area contributed by atoms with Crippen LogP contribution >= 0.6 is 0 Å². The second-order valence-corrected chi connectivity index (χ2v) is 3.69. The van der Waals surface area contributed by atoms with Gasteiger partial charge in [-0.25, -0.2) is 9.78 Å². The largest absolute Gasteiger partial charge is 0.464 e. The number of nitrogens with one attached hydrogen (secondary N) is 2. The van der Waals surface area contributed by atoms with Crippen molar-refractivity contribution >= 4 is 11.9 Å². The fourth-order valence-corrected chi connectivity index (χ4v) is 1.45. The summed E-state index contributed by atoms with van der Waals surface area (Å²) in [5.74, 6) is -0.729. The molecule has 1 rings (SSSR count). The molecule has 0 aliphatic rings. The van der Waals surface area contributed by atoms with Crippen LogP contribution in [-0.2, 0) is 20.7 Å². The van der Waals surface area contributed by atoms with E-state index < -0.39 is 12.0 Å². The molecule has 0 fully saturated rings. The zero-order chi connectivity index (χ0) is 13.4. The molecule has 0 saturated heterocycles. The third kappa shape index (κ3) is 4.54. The van der Waals surface area contributed by atoms with E-state index in [4.69, 9.17) is 10.5 Å². The Labute approximate surface area is 105 Å². The molecule has 7 heteroatoms. The molecule has 0 saturated carbocycles. The maximum Gasteiger partial charge on any atom is 0.329 e. The minimum Gasteiger partial charge on any atom is -0.464 e. The zero-order valence-corrected chi connectivity index (χ0v) is 10.3. The van der Waals surface area contributed by atoms with Gasteiger partial charge in [-0.3, -0.25) is 4.79 Å². The SMILES string of the molecule is CCOC(=O)[C@@H](Cc1cnc[nH]1)NC(=O)CCN. The van der Waals surface area contributed by atoms with Crippen LogP contribution in [0.3, 0.4) is 0 Å². The number of amides is 1. The maximum absolute atomic E-state index is 11.7. The lowest BCUT2D eigenvalue weighted by atomic mass is 10.1. The summed E-state index contributed by atoms with van der Waals surface area (Å²) in [7, 11) is 0. The van der Waals surface area contributed by atoms with Gasteiger partial charge in [-0.1, -0.05) is 0 Å². The van der Waals surface area contributed by atoms with E-state index in [1.54, 1.807) is 13.1 Å². The number of hydrogen-bond donors (Lipinski definition) is 3. The van der Waals surface area contributed by atoms with Gasteiger partial charge in [-0.15, -0.1) is 0 Å². The summed E-state index contributed by atoms with van der Waals surface area (Å²) >= 11 is 0. The van der Waals surface area contributed by atoms with E-state index in [0.29, 0.717) is 6.42 Å². The van der Waals surface area contributed by atoms with Crippen LogP contribution in [0, 0.1) is 0 Å². The normalized spacial score (nSPS) is 11.9. The number of ether oxygens (including phenoxy) is 1. The van der Waals surface area contributed by atoms with E-state index in [2.05, 4.69) is 15.3 Å². The second kappa shape index (κ2) is 7.44. The van der Waals surface area contributed by atoms with Crippen LogP contribution in [0.5, 0.6) is 0 Å². The number of nitrogens with two attached hydrogens (primary N) is 1. The number of H-pyrrole nitrogens is 1. The van der Waals surface area contributed by atoms with Gasteiger partial charge < -0.3 is 20.8 Å². The smallest absolute Gasteiger partial charge is 0.329 e. The molecule has 7 nitrogen and oxygen atoms in total. The molecule has 1 aromatic rings. The van der Waals surface area contributed by atoms with Gasteiger partial charge in [0, 0.05) is 31.3 Å². The van der Waals surface area contributed by atoms with E-state index in [9.17, 15) is 9.59 Å². The van der Waals surface area contributed by atoms with Crippen molar-refractivity contribution in [1.29, 1.82) is 0 Å². The van der Waals surface area contributed by atoms with Crippen LogP contribution in [0.2, 0.25) is 0 Å². The monoisotopic (exact) mass is 254 g/mol. The van der Waals surface area contributed by atoms with Crippen LogP contribution in [0.4, 0.5) is 0 Å². The van der Waals surface area contributed by atoms with E-state index in [-0.39, 0.29) is 25.5 Å². The first-order chi connectivity index (χ1) is 8.67. The predicted molar refractivity (Wildman–Crippen MR) is 64.5 cm³/mol. The van der Waals surface area contributed by atoms with Crippen LogP contribution in [0.25, 0.3) is 0 Å². The second-order valence-electron chi connectivity index (χ2n) is 3.69. The van der Waals surface area contributed by atoms with Gasteiger partial charge >= 0.3 is 5.97 Å². The molecular formula is C11H18N4O3. The Hall–Kier alpha value is -1.89. The van der Waals surface area contributed by atoms with Crippen LogP contribution < -0.4 is 11.1 Å². The van der Waals surface area contributed by atoms with Crippen molar-refractivity contribution in [2.45, 2.75) is 25.8 Å². The molecule has 0 aliphatic carbocycles. The quantitative estimate of drug-likeness (QED) is 0.560. The van der Waals surface area contributed by atoms with Crippen LogP contribution in [0.1, 0.15) is 19.0 Å². The van der Waals surface area contributed by atoms with Gasteiger partial charge in [0.2, 0.25) is 5.91 Å². The topological polar surface area (TPSA) is 110 Å².